The summed E-state index contributed by atoms with van der Waals surface area (Å²) in [7, 11) is 2.12. The maximum Gasteiger partial charge on any atom is 0.316 e. The van der Waals surface area contributed by atoms with Gasteiger partial charge in [0.25, 0.3) is 0 Å². The van der Waals surface area contributed by atoms with E-state index in [1.807, 2.05) is 18.2 Å². The Balaban J connectivity index is 1.73. The fourth-order valence-corrected chi connectivity index (χ4v) is 3.34. The van der Waals surface area contributed by atoms with Gasteiger partial charge in [0, 0.05) is 13.1 Å². The molecule has 1 saturated carbocycles. The molecular weight excluding hydrogens is 262 g/mol. The van der Waals surface area contributed by atoms with Crippen LogP contribution in [0.3, 0.4) is 0 Å². The molecule has 0 aromatic heterocycles. The average Bonchev–Trinajstić information content (AvgIpc) is 3.34. The number of carbonyl (C=O) groups excluding carboxylic acids is 1. The highest BCUT2D eigenvalue weighted by molar-refractivity contribution is 5.83. The lowest BCUT2D eigenvalue weighted by Gasteiger charge is -2.33. The first-order valence-electron chi connectivity index (χ1n) is 8.06. The van der Waals surface area contributed by atoms with E-state index in [4.69, 9.17) is 4.74 Å². The number of likely N-dealkylation sites (tertiary alicyclic amines) is 1. The highest BCUT2D eigenvalue weighted by Crippen LogP contribution is 2.48. The lowest BCUT2D eigenvalue weighted by molar-refractivity contribution is -0.158. The molecule has 1 heterocycles. The monoisotopic (exact) mass is 287 g/mol. The zero-order valence-electron chi connectivity index (χ0n) is 13.0. The van der Waals surface area contributed by atoms with E-state index in [0.29, 0.717) is 5.92 Å². The largest absolute Gasteiger partial charge is 0.462 e. The number of rotatable bonds is 4. The van der Waals surface area contributed by atoms with Crippen molar-refractivity contribution in [2.75, 3.05) is 20.1 Å². The number of ether oxygens (including phenoxy) is 1. The van der Waals surface area contributed by atoms with E-state index in [0.717, 1.165) is 44.3 Å². The Morgan fingerprint density at radius 1 is 1.14 bits per heavy atom. The van der Waals surface area contributed by atoms with Crippen LogP contribution < -0.4 is 0 Å². The molecule has 1 aliphatic heterocycles. The molecule has 0 unspecified atom stereocenters. The Kier molecular flexibility index (Phi) is 4.03. The minimum absolute atomic E-state index is 0.0225. The van der Waals surface area contributed by atoms with Gasteiger partial charge in [0.15, 0.2) is 0 Å². The number of nitrogens with zero attached hydrogens (tertiary/aromatic N) is 1. The van der Waals surface area contributed by atoms with Gasteiger partial charge in [0.1, 0.15) is 6.10 Å². The summed E-state index contributed by atoms with van der Waals surface area (Å²) in [6, 6.07) is 10.2. The summed E-state index contributed by atoms with van der Waals surface area (Å²) in [4.78, 5) is 15.2. The third-order valence-electron chi connectivity index (χ3n) is 5.13. The smallest absolute Gasteiger partial charge is 0.316 e. The molecule has 1 saturated heterocycles. The molecule has 3 rings (SSSR count). The van der Waals surface area contributed by atoms with Crippen LogP contribution in [0.1, 0.15) is 38.2 Å². The first-order valence-corrected chi connectivity index (χ1v) is 8.06. The van der Waals surface area contributed by atoms with Gasteiger partial charge < -0.3 is 9.64 Å². The van der Waals surface area contributed by atoms with E-state index >= 15 is 0 Å². The molecule has 1 aromatic rings. The van der Waals surface area contributed by atoms with Crippen molar-refractivity contribution >= 4 is 5.97 Å². The van der Waals surface area contributed by atoms with Crippen molar-refractivity contribution in [1.29, 1.82) is 0 Å². The van der Waals surface area contributed by atoms with Gasteiger partial charge in [-0.15, -0.1) is 0 Å². The maximum atomic E-state index is 12.9. The Labute approximate surface area is 127 Å². The van der Waals surface area contributed by atoms with Gasteiger partial charge in [-0.05, 0) is 51.1 Å². The lowest BCUT2D eigenvalue weighted by atomic mass is 9.78. The predicted octanol–water partition coefficient (Wildman–Crippen LogP) is 2.99. The molecule has 2 aliphatic rings. The Bertz CT molecular complexity index is 489. The van der Waals surface area contributed by atoms with Crippen molar-refractivity contribution in [1.82, 2.24) is 4.90 Å². The topological polar surface area (TPSA) is 29.5 Å². The summed E-state index contributed by atoms with van der Waals surface area (Å²) < 4.78 is 5.89. The quantitative estimate of drug-likeness (QED) is 0.797. The van der Waals surface area contributed by atoms with E-state index in [1.54, 1.807) is 0 Å². The van der Waals surface area contributed by atoms with Crippen LogP contribution in [0, 0.1) is 5.92 Å². The zero-order chi connectivity index (χ0) is 14.9. The Morgan fingerprint density at radius 2 is 1.76 bits per heavy atom. The van der Waals surface area contributed by atoms with Gasteiger partial charge in [0.05, 0.1) is 5.41 Å². The summed E-state index contributed by atoms with van der Waals surface area (Å²) in [6.07, 6.45) is 4.27. The summed E-state index contributed by atoms with van der Waals surface area (Å²) >= 11 is 0. The molecule has 1 atom stereocenters. The van der Waals surface area contributed by atoms with Crippen LogP contribution in [0.25, 0.3) is 0 Å². The summed E-state index contributed by atoms with van der Waals surface area (Å²) in [5.41, 5.74) is 0.635. The van der Waals surface area contributed by atoms with Crippen molar-refractivity contribution in [2.45, 2.75) is 44.1 Å². The lowest BCUT2D eigenvalue weighted by Crippen LogP contribution is -2.42. The molecule has 114 valence electrons. The van der Waals surface area contributed by atoms with Crippen molar-refractivity contribution in [3.63, 3.8) is 0 Å². The molecule has 0 radical (unpaired) electrons. The average molecular weight is 287 g/mol. The predicted molar refractivity (Wildman–Crippen MR) is 83.1 cm³/mol. The molecule has 3 nitrogen and oxygen atoms in total. The minimum Gasteiger partial charge on any atom is -0.462 e. The number of carbonyl (C=O) groups is 1. The second kappa shape index (κ2) is 5.80. The molecule has 21 heavy (non-hydrogen) atoms. The van der Waals surface area contributed by atoms with Crippen LogP contribution in [0.5, 0.6) is 0 Å². The van der Waals surface area contributed by atoms with Gasteiger partial charge in [-0.1, -0.05) is 30.3 Å². The fourth-order valence-electron chi connectivity index (χ4n) is 3.34. The van der Waals surface area contributed by atoms with Crippen LogP contribution in [0.2, 0.25) is 0 Å². The molecule has 1 aliphatic carbocycles. The molecular formula is C18H25NO2. The standard InChI is InChI=1S/C18H25NO2/c1-18(15-8-9-15,14-6-4-3-5-7-14)17(20)21-16-10-12-19(2)13-11-16/h3-7,15-16H,8-13H2,1-2H3/t18-/m0/s1. The van der Waals surface area contributed by atoms with Crippen LogP contribution in [-0.2, 0) is 14.9 Å². The van der Waals surface area contributed by atoms with E-state index in [1.165, 1.54) is 0 Å². The van der Waals surface area contributed by atoms with Crippen LogP contribution in [0.4, 0.5) is 0 Å². The van der Waals surface area contributed by atoms with Gasteiger partial charge >= 0.3 is 5.97 Å². The van der Waals surface area contributed by atoms with Crippen LogP contribution in [0.15, 0.2) is 30.3 Å². The Morgan fingerprint density at radius 3 is 2.33 bits per heavy atom. The number of hydrogen-bond acceptors (Lipinski definition) is 3. The van der Waals surface area contributed by atoms with Crippen molar-refractivity contribution in [3.8, 4) is 0 Å². The van der Waals surface area contributed by atoms with E-state index in [-0.39, 0.29) is 12.1 Å². The van der Waals surface area contributed by atoms with Crippen molar-refractivity contribution < 1.29 is 9.53 Å². The fraction of sp³-hybridized carbons (Fsp3) is 0.611. The summed E-state index contributed by atoms with van der Waals surface area (Å²) in [5.74, 6) is 0.421. The number of benzene rings is 1. The zero-order valence-corrected chi connectivity index (χ0v) is 13.0. The van der Waals surface area contributed by atoms with Gasteiger partial charge in [-0.2, -0.15) is 0 Å². The van der Waals surface area contributed by atoms with Gasteiger partial charge in [-0.25, -0.2) is 0 Å². The molecule has 0 N–H and O–H groups in total. The number of esters is 1. The highest BCUT2D eigenvalue weighted by atomic mass is 16.5. The third kappa shape index (κ3) is 2.98. The second-order valence-corrected chi connectivity index (χ2v) is 6.75. The SMILES string of the molecule is CN1CCC(OC(=O)[C@@](C)(c2ccccc2)C2CC2)CC1. The summed E-state index contributed by atoms with van der Waals surface area (Å²) in [5, 5.41) is 0. The van der Waals surface area contributed by atoms with E-state index in [2.05, 4.69) is 31.0 Å². The number of piperidine rings is 1. The Hall–Kier alpha value is -1.35. The van der Waals surface area contributed by atoms with E-state index < -0.39 is 5.41 Å². The van der Waals surface area contributed by atoms with Gasteiger partial charge in [-0.3, -0.25) is 4.79 Å². The molecule has 3 heteroatoms. The molecule has 1 aromatic carbocycles. The first-order chi connectivity index (χ1) is 10.1. The third-order valence-corrected chi connectivity index (χ3v) is 5.13. The molecule has 0 amide bonds. The highest BCUT2D eigenvalue weighted by Gasteiger charge is 2.50. The second-order valence-electron chi connectivity index (χ2n) is 6.75. The van der Waals surface area contributed by atoms with Crippen LogP contribution in [-0.4, -0.2) is 37.1 Å². The van der Waals surface area contributed by atoms with Crippen molar-refractivity contribution in [2.24, 2.45) is 5.92 Å². The van der Waals surface area contributed by atoms with Gasteiger partial charge in [0.2, 0.25) is 0 Å². The molecule has 0 bridgehead atoms. The normalized spacial score (nSPS) is 23.5. The number of hydrogen-bond donors (Lipinski definition) is 0. The summed E-state index contributed by atoms with van der Waals surface area (Å²) in [6.45, 7) is 4.10. The maximum absolute atomic E-state index is 12.9. The van der Waals surface area contributed by atoms with E-state index in [9.17, 15) is 4.79 Å². The first kappa shape index (κ1) is 14.6. The minimum atomic E-state index is -0.468. The molecule has 0 spiro atoms. The molecule has 2 fully saturated rings. The van der Waals surface area contributed by atoms with Crippen LogP contribution >= 0.6 is 0 Å². The van der Waals surface area contributed by atoms with Crippen molar-refractivity contribution in [3.05, 3.63) is 35.9 Å².